The summed E-state index contributed by atoms with van der Waals surface area (Å²) in [5.74, 6) is -0.0879. The van der Waals surface area contributed by atoms with Crippen LogP contribution in [0.15, 0.2) is 24.4 Å². The number of hydrogen-bond donors (Lipinski definition) is 2. The molecule has 0 aliphatic carbocycles. The Morgan fingerprint density at radius 3 is 2.70 bits per heavy atom. The van der Waals surface area contributed by atoms with Crippen LogP contribution in [0.1, 0.15) is 37.2 Å². The van der Waals surface area contributed by atoms with Crippen LogP contribution in [0.2, 0.25) is 0 Å². The van der Waals surface area contributed by atoms with Gasteiger partial charge < -0.3 is 14.8 Å². The summed E-state index contributed by atoms with van der Waals surface area (Å²) in [6.45, 7) is 5.42. The summed E-state index contributed by atoms with van der Waals surface area (Å²) in [6, 6.07) is 5.20. The summed E-state index contributed by atoms with van der Waals surface area (Å²) < 4.78 is 0. The monoisotopic (exact) mass is 369 g/mol. The minimum absolute atomic E-state index is 0.108. The quantitative estimate of drug-likeness (QED) is 0.805. The Morgan fingerprint density at radius 1 is 1.30 bits per heavy atom. The van der Waals surface area contributed by atoms with Crippen LogP contribution in [-0.2, 0) is 4.79 Å². The molecule has 0 saturated carbocycles. The molecule has 0 bridgehead atoms. The fourth-order valence-corrected chi connectivity index (χ4v) is 4.04. The first kappa shape index (κ1) is 17.5. The van der Waals surface area contributed by atoms with E-state index in [4.69, 9.17) is 0 Å². The molecule has 2 aliphatic rings. The number of hydrogen-bond acceptors (Lipinski definition) is 4. The van der Waals surface area contributed by atoms with E-state index in [1.165, 1.54) is 0 Å². The van der Waals surface area contributed by atoms with E-state index in [2.05, 4.69) is 15.3 Å². The van der Waals surface area contributed by atoms with Crippen molar-refractivity contribution in [3.05, 3.63) is 30.1 Å². The standard InChI is InChI=1S/C19H23N5O3/c1-12(2)11-24-18(27)22-17(26)19(24)5-8-23(9-6-19)16(25)14-10-13-4-3-7-20-15(13)21-14/h3-4,7,10,12H,5-6,8-9,11H2,1-2H3,(H,20,21)(H,22,26,27). The van der Waals surface area contributed by atoms with E-state index >= 15 is 0 Å². The van der Waals surface area contributed by atoms with Crippen molar-refractivity contribution in [2.24, 2.45) is 5.92 Å². The summed E-state index contributed by atoms with van der Waals surface area (Å²) in [4.78, 5) is 48.3. The molecular weight excluding hydrogens is 346 g/mol. The number of amides is 4. The average Bonchev–Trinajstić information content (AvgIpc) is 3.17. The summed E-state index contributed by atoms with van der Waals surface area (Å²) in [6.07, 6.45) is 2.57. The molecule has 4 rings (SSSR count). The van der Waals surface area contributed by atoms with E-state index in [1.807, 2.05) is 26.0 Å². The second-order valence-electron chi connectivity index (χ2n) is 7.71. The predicted octanol–water partition coefficient (Wildman–Crippen LogP) is 1.75. The maximum absolute atomic E-state index is 12.9. The highest BCUT2D eigenvalue weighted by Gasteiger charge is 2.54. The Morgan fingerprint density at radius 2 is 2.04 bits per heavy atom. The van der Waals surface area contributed by atoms with Crippen LogP contribution < -0.4 is 5.32 Å². The number of aromatic amines is 1. The smallest absolute Gasteiger partial charge is 0.325 e. The number of fused-ring (bicyclic) bond motifs is 1. The Balaban J connectivity index is 1.51. The number of piperidine rings is 1. The van der Waals surface area contributed by atoms with Gasteiger partial charge in [0.25, 0.3) is 11.8 Å². The van der Waals surface area contributed by atoms with Gasteiger partial charge in [-0.05, 0) is 37.0 Å². The molecule has 8 heteroatoms. The lowest BCUT2D eigenvalue weighted by Crippen LogP contribution is -2.58. The van der Waals surface area contributed by atoms with Gasteiger partial charge in [0.05, 0.1) is 0 Å². The second kappa shape index (κ2) is 6.37. The zero-order valence-electron chi connectivity index (χ0n) is 15.5. The number of imide groups is 1. The maximum Gasteiger partial charge on any atom is 0.325 e. The van der Waals surface area contributed by atoms with Crippen LogP contribution in [-0.4, -0.2) is 62.8 Å². The number of urea groups is 1. The molecule has 2 aliphatic heterocycles. The van der Waals surface area contributed by atoms with Gasteiger partial charge in [0.1, 0.15) is 16.9 Å². The largest absolute Gasteiger partial charge is 0.337 e. The second-order valence-corrected chi connectivity index (χ2v) is 7.71. The minimum atomic E-state index is -0.833. The molecular formula is C19H23N5O3. The summed E-state index contributed by atoms with van der Waals surface area (Å²) in [7, 11) is 0. The molecule has 4 heterocycles. The number of H-pyrrole nitrogens is 1. The van der Waals surface area contributed by atoms with E-state index in [1.54, 1.807) is 22.1 Å². The molecule has 2 N–H and O–H groups in total. The van der Waals surface area contributed by atoms with Gasteiger partial charge in [-0.15, -0.1) is 0 Å². The molecule has 8 nitrogen and oxygen atoms in total. The van der Waals surface area contributed by atoms with Gasteiger partial charge in [0, 0.05) is 31.2 Å². The van der Waals surface area contributed by atoms with Gasteiger partial charge in [0.15, 0.2) is 0 Å². The Hall–Kier alpha value is -2.90. The van der Waals surface area contributed by atoms with Crippen LogP contribution in [0, 0.1) is 5.92 Å². The third-order valence-corrected chi connectivity index (χ3v) is 5.45. The number of nitrogens with zero attached hydrogens (tertiary/aromatic N) is 3. The minimum Gasteiger partial charge on any atom is -0.337 e. The lowest BCUT2D eigenvalue weighted by atomic mass is 9.85. The lowest BCUT2D eigenvalue weighted by Gasteiger charge is -2.42. The van der Waals surface area contributed by atoms with Crippen LogP contribution in [0.25, 0.3) is 11.0 Å². The van der Waals surface area contributed by atoms with Gasteiger partial charge >= 0.3 is 6.03 Å². The lowest BCUT2D eigenvalue weighted by molar-refractivity contribution is -0.129. The molecule has 142 valence electrons. The average molecular weight is 369 g/mol. The number of aromatic nitrogens is 2. The molecule has 0 aromatic carbocycles. The Labute approximate surface area is 156 Å². The number of carbonyl (C=O) groups is 3. The van der Waals surface area contributed by atoms with Crippen molar-refractivity contribution in [3.8, 4) is 0 Å². The Kier molecular flexibility index (Phi) is 4.13. The van der Waals surface area contributed by atoms with Gasteiger partial charge in [-0.25, -0.2) is 9.78 Å². The number of pyridine rings is 1. The molecule has 2 aromatic rings. The van der Waals surface area contributed by atoms with Gasteiger partial charge in [0.2, 0.25) is 0 Å². The highest BCUT2D eigenvalue weighted by atomic mass is 16.2. The van der Waals surface area contributed by atoms with Gasteiger partial charge in [-0.1, -0.05) is 13.8 Å². The van der Waals surface area contributed by atoms with Gasteiger partial charge in [-0.2, -0.15) is 0 Å². The van der Waals surface area contributed by atoms with E-state index in [9.17, 15) is 14.4 Å². The number of likely N-dealkylation sites (tertiary alicyclic amines) is 1. The predicted molar refractivity (Wildman–Crippen MR) is 99.0 cm³/mol. The highest BCUT2D eigenvalue weighted by molar-refractivity contribution is 6.07. The van der Waals surface area contributed by atoms with Gasteiger partial charge in [-0.3, -0.25) is 14.9 Å². The van der Waals surface area contributed by atoms with Crippen molar-refractivity contribution in [1.82, 2.24) is 25.1 Å². The summed E-state index contributed by atoms with van der Waals surface area (Å²) in [5.41, 5.74) is 0.337. The van der Waals surface area contributed by atoms with E-state index in [-0.39, 0.29) is 23.8 Å². The summed E-state index contributed by atoms with van der Waals surface area (Å²) >= 11 is 0. The number of rotatable bonds is 3. The van der Waals surface area contributed by atoms with Crippen LogP contribution in [0.3, 0.4) is 0 Å². The van der Waals surface area contributed by atoms with Crippen molar-refractivity contribution in [2.45, 2.75) is 32.2 Å². The van der Waals surface area contributed by atoms with Crippen molar-refractivity contribution in [1.29, 1.82) is 0 Å². The first-order valence-corrected chi connectivity index (χ1v) is 9.27. The van der Waals surface area contributed by atoms with Crippen molar-refractivity contribution in [3.63, 3.8) is 0 Å². The fraction of sp³-hybridized carbons (Fsp3) is 0.474. The van der Waals surface area contributed by atoms with Crippen LogP contribution >= 0.6 is 0 Å². The van der Waals surface area contributed by atoms with E-state index in [0.717, 1.165) is 5.39 Å². The third-order valence-electron chi connectivity index (χ3n) is 5.45. The number of carbonyl (C=O) groups excluding carboxylic acids is 3. The number of nitrogens with one attached hydrogen (secondary N) is 2. The molecule has 2 fully saturated rings. The van der Waals surface area contributed by atoms with Crippen molar-refractivity contribution in [2.75, 3.05) is 19.6 Å². The molecule has 0 atom stereocenters. The van der Waals surface area contributed by atoms with Crippen LogP contribution in [0.5, 0.6) is 0 Å². The highest BCUT2D eigenvalue weighted by Crippen LogP contribution is 2.34. The first-order valence-electron chi connectivity index (χ1n) is 9.27. The molecule has 1 spiro atoms. The van der Waals surface area contributed by atoms with E-state index < -0.39 is 5.54 Å². The molecule has 0 radical (unpaired) electrons. The third kappa shape index (κ3) is 2.85. The maximum atomic E-state index is 12.9. The topological polar surface area (TPSA) is 98.4 Å². The van der Waals surface area contributed by atoms with Crippen LogP contribution in [0.4, 0.5) is 4.79 Å². The fourth-order valence-electron chi connectivity index (χ4n) is 4.04. The van der Waals surface area contributed by atoms with Crippen molar-refractivity contribution < 1.29 is 14.4 Å². The zero-order chi connectivity index (χ0) is 19.2. The van der Waals surface area contributed by atoms with Crippen molar-refractivity contribution >= 4 is 28.9 Å². The molecule has 27 heavy (non-hydrogen) atoms. The molecule has 4 amide bonds. The summed E-state index contributed by atoms with van der Waals surface area (Å²) in [5, 5.41) is 3.34. The van der Waals surface area contributed by atoms with E-state index in [0.29, 0.717) is 43.8 Å². The Bertz CT molecular complexity index is 878. The SMILES string of the molecule is CC(C)CN1C(=O)NC(=O)C12CCN(C(=O)c1cc3cccnc3[nH]1)CC2. The first-order chi connectivity index (χ1) is 12.9. The molecule has 2 aromatic heterocycles. The molecule has 0 unspecified atom stereocenters. The normalized spacial score (nSPS) is 19.4. The molecule has 2 saturated heterocycles. The zero-order valence-corrected chi connectivity index (χ0v) is 15.5.